The Morgan fingerprint density at radius 2 is 1.96 bits per heavy atom. The van der Waals surface area contributed by atoms with Crippen LogP contribution in [0.4, 0.5) is 0 Å². The number of amides is 2. The van der Waals surface area contributed by atoms with Crippen LogP contribution in [-0.2, 0) is 19.1 Å². The van der Waals surface area contributed by atoms with Crippen LogP contribution in [0.2, 0.25) is 0 Å². The van der Waals surface area contributed by atoms with Gasteiger partial charge in [-0.15, -0.1) is 11.8 Å². The van der Waals surface area contributed by atoms with E-state index in [2.05, 4.69) is 10.1 Å². The van der Waals surface area contributed by atoms with Crippen molar-refractivity contribution in [3.8, 4) is 5.75 Å². The van der Waals surface area contributed by atoms with Crippen molar-refractivity contribution in [3.05, 3.63) is 41.8 Å². The lowest BCUT2D eigenvalue weighted by Crippen LogP contribution is -2.70. The van der Waals surface area contributed by atoms with E-state index in [9.17, 15) is 19.5 Å². The van der Waals surface area contributed by atoms with Crippen LogP contribution in [-0.4, -0.2) is 58.7 Å². The summed E-state index contributed by atoms with van der Waals surface area (Å²) in [5, 5.41) is 11.9. The first-order chi connectivity index (χ1) is 12.9. The molecular formula is C18H22N2O6S. The Morgan fingerprint density at radius 3 is 2.52 bits per heavy atom. The monoisotopic (exact) mass is 394 g/mol. The third-order valence-corrected chi connectivity index (χ3v) is 4.93. The standard InChI is InChI=1S/C18H22N2O6S/c1-4-27-17-14(16(23)20(17)15(11(2)21)18(24)25-3)19-13(22)10-26-12-8-6-5-7-9-12/h5-9,14,17,21H,4,10H2,1-3H3,(H,19,22)/b15-11+/t14-,17-/m1/s1. The van der Waals surface area contributed by atoms with E-state index >= 15 is 0 Å². The van der Waals surface area contributed by atoms with Crippen LogP contribution >= 0.6 is 11.8 Å². The highest BCUT2D eigenvalue weighted by Crippen LogP contribution is 2.34. The maximum atomic E-state index is 12.5. The Bertz CT molecular complexity index is 733. The molecule has 1 aliphatic heterocycles. The lowest BCUT2D eigenvalue weighted by Gasteiger charge is -2.46. The minimum atomic E-state index is -0.819. The zero-order chi connectivity index (χ0) is 20.0. The number of β-lactam (4-membered cyclic amide) rings is 1. The number of benzene rings is 1. The number of allylic oxidation sites excluding steroid dienone is 1. The fourth-order valence-electron chi connectivity index (χ4n) is 2.57. The van der Waals surface area contributed by atoms with Gasteiger partial charge in [-0.25, -0.2) is 4.79 Å². The molecule has 1 fully saturated rings. The average molecular weight is 394 g/mol. The topological polar surface area (TPSA) is 105 Å². The molecule has 0 aromatic heterocycles. The summed E-state index contributed by atoms with van der Waals surface area (Å²) < 4.78 is 10.0. The van der Waals surface area contributed by atoms with Crippen LogP contribution in [0, 0.1) is 0 Å². The Balaban J connectivity index is 2.05. The number of aliphatic hydroxyl groups is 1. The molecule has 2 amide bonds. The van der Waals surface area contributed by atoms with E-state index < -0.39 is 29.2 Å². The second kappa shape index (κ2) is 9.31. The fourth-order valence-corrected chi connectivity index (χ4v) is 3.65. The van der Waals surface area contributed by atoms with Crippen molar-refractivity contribution in [2.24, 2.45) is 0 Å². The maximum Gasteiger partial charge on any atom is 0.358 e. The van der Waals surface area contributed by atoms with Gasteiger partial charge in [-0.05, 0) is 24.8 Å². The summed E-state index contributed by atoms with van der Waals surface area (Å²) >= 11 is 1.36. The Labute approximate surface area is 161 Å². The van der Waals surface area contributed by atoms with Crippen molar-refractivity contribution < 1.29 is 29.0 Å². The number of rotatable bonds is 8. The van der Waals surface area contributed by atoms with E-state index in [-0.39, 0.29) is 18.1 Å². The summed E-state index contributed by atoms with van der Waals surface area (Å²) in [6, 6.07) is 8.02. The van der Waals surface area contributed by atoms with Crippen molar-refractivity contribution in [1.29, 1.82) is 0 Å². The number of ether oxygens (including phenoxy) is 2. The molecule has 0 spiro atoms. The van der Waals surface area contributed by atoms with Crippen LogP contribution in [0.5, 0.6) is 5.75 Å². The third-order valence-electron chi connectivity index (χ3n) is 3.77. The van der Waals surface area contributed by atoms with E-state index in [4.69, 9.17) is 4.74 Å². The third kappa shape index (κ3) is 4.73. The fraction of sp³-hybridized carbons (Fsp3) is 0.389. The van der Waals surface area contributed by atoms with E-state index in [1.165, 1.54) is 18.7 Å². The number of carbonyl (C=O) groups excluding carboxylic acids is 3. The molecule has 1 saturated heterocycles. The smallest absolute Gasteiger partial charge is 0.358 e. The molecule has 1 aromatic rings. The molecule has 0 saturated carbocycles. The number of esters is 1. The molecule has 1 heterocycles. The van der Waals surface area contributed by atoms with E-state index in [1.54, 1.807) is 24.3 Å². The van der Waals surface area contributed by atoms with Crippen molar-refractivity contribution in [2.75, 3.05) is 19.5 Å². The predicted molar refractivity (Wildman–Crippen MR) is 100.0 cm³/mol. The molecule has 1 aliphatic rings. The first-order valence-electron chi connectivity index (χ1n) is 8.30. The first kappa shape index (κ1) is 20.6. The summed E-state index contributed by atoms with van der Waals surface area (Å²) in [6.45, 7) is 2.94. The van der Waals surface area contributed by atoms with Gasteiger partial charge in [-0.3, -0.25) is 14.5 Å². The minimum Gasteiger partial charge on any atom is -0.510 e. The number of hydrogen-bond donors (Lipinski definition) is 2. The molecule has 9 heteroatoms. The summed E-state index contributed by atoms with van der Waals surface area (Å²) in [5.74, 6) is -0.914. The highest BCUT2D eigenvalue weighted by molar-refractivity contribution is 8.00. The quantitative estimate of drug-likeness (QED) is 0.297. The average Bonchev–Trinajstić information content (AvgIpc) is 2.67. The van der Waals surface area contributed by atoms with Crippen LogP contribution in [0.15, 0.2) is 41.8 Å². The van der Waals surface area contributed by atoms with Gasteiger partial charge in [0.1, 0.15) is 22.9 Å². The summed E-state index contributed by atoms with van der Waals surface area (Å²) in [4.78, 5) is 37.7. The zero-order valence-corrected chi connectivity index (χ0v) is 16.1. The number of carbonyl (C=O) groups is 3. The Morgan fingerprint density at radius 1 is 1.30 bits per heavy atom. The van der Waals surface area contributed by atoms with Gasteiger partial charge in [0.2, 0.25) is 0 Å². The highest BCUT2D eigenvalue weighted by atomic mass is 32.2. The molecular weight excluding hydrogens is 372 g/mol. The summed E-state index contributed by atoms with van der Waals surface area (Å²) in [7, 11) is 1.16. The second-order valence-corrected chi connectivity index (χ2v) is 7.02. The van der Waals surface area contributed by atoms with Crippen LogP contribution in [0.25, 0.3) is 0 Å². The first-order valence-corrected chi connectivity index (χ1v) is 9.35. The number of methoxy groups -OCH3 is 1. The van der Waals surface area contributed by atoms with Crippen LogP contribution in [0.1, 0.15) is 13.8 Å². The molecule has 0 aliphatic carbocycles. The van der Waals surface area contributed by atoms with E-state index in [0.29, 0.717) is 11.5 Å². The van der Waals surface area contributed by atoms with Crippen molar-refractivity contribution in [2.45, 2.75) is 25.3 Å². The molecule has 27 heavy (non-hydrogen) atoms. The van der Waals surface area contributed by atoms with Gasteiger partial charge in [0, 0.05) is 0 Å². The van der Waals surface area contributed by atoms with Gasteiger partial charge in [0.05, 0.1) is 7.11 Å². The highest BCUT2D eigenvalue weighted by Gasteiger charge is 2.52. The van der Waals surface area contributed by atoms with E-state index in [1.807, 2.05) is 13.0 Å². The molecule has 2 rings (SSSR count). The van der Waals surface area contributed by atoms with Crippen molar-refractivity contribution in [1.82, 2.24) is 10.2 Å². The van der Waals surface area contributed by atoms with Gasteiger partial charge in [0.15, 0.2) is 12.3 Å². The number of hydrogen-bond acceptors (Lipinski definition) is 7. The Kier molecular flexibility index (Phi) is 7.12. The maximum absolute atomic E-state index is 12.5. The SMILES string of the molecule is CCS[C@@H]1[C@H](NC(=O)COc2ccccc2)C(=O)N1/C(C(=O)OC)=C(\C)O. The van der Waals surface area contributed by atoms with Crippen molar-refractivity contribution >= 4 is 29.5 Å². The molecule has 8 nitrogen and oxygen atoms in total. The largest absolute Gasteiger partial charge is 0.510 e. The number of nitrogens with one attached hydrogen (secondary N) is 1. The van der Waals surface area contributed by atoms with Gasteiger partial charge in [0.25, 0.3) is 11.8 Å². The van der Waals surface area contributed by atoms with Gasteiger partial charge in [-0.2, -0.15) is 0 Å². The van der Waals surface area contributed by atoms with Crippen LogP contribution < -0.4 is 10.1 Å². The lowest BCUT2D eigenvalue weighted by atomic mass is 10.1. The van der Waals surface area contributed by atoms with Crippen LogP contribution in [0.3, 0.4) is 0 Å². The van der Waals surface area contributed by atoms with Crippen molar-refractivity contribution in [3.63, 3.8) is 0 Å². The molecule has 1 aromatic carbocycles. The predicted octanol–water partition coefficient (Wildman–Crippen LogP) is 1.43. The van der Waals surface area contributed by atoms with Gasteiger partial charge >= 0.3 is 5.97 Å². The molecule has 146 valence electrons. The molecule has 0 bridgehead atoms. The molecule has 0 radical (unpaired) electrons. The number of aliphatic hydroxyl groups excluding tert-OH is 1. The normalized spacial score (nSPS) is 19.7. The van der Waals surface area contributed by atoms with Gasteiger partial charge < -0.3 is 19.9 Å². The molecule has 2 atom stereocenters. The number of thioether (sulfide) groups is 1. The minimum absolute atomic E-state index is 0.223. The zero-order valence-electron chi connectivity index (χ0n) is 15.3. The van der Waals surface area contributed by atoms with Gasteiger partial charge in [-0.1, -0.05) is 25.1 Å². The summed E-state index contributed by atoms with van der Waals surface area (Å²) in [6.07, 6.45) is 0. The number of para-hydroxylation sites is 1. The second-order valence-electron chi connectivity index (χ2n) is 5.63. The van der Waals surface area contributed by atoms with E-state index in [0.717, 1.165) is 12.0 Å². The molecule has 0 unspecified atom stereocenters. The number of nitrogens with zero attached hydrogens (tertiary/aromatic N) is 1. The molecule has 2 N–H and O–H groups in total. The Hall–Kier alpha value is -2.68. The lowest BCUT2D eigenvalue weighted by molar-refractivity contribution is -0.152. The number of likely N-dealkylation sites (tertiary alicyclic amines) is 1. The summed E-state index contributed by atoms with van der Waals surface area (Å²) in [5.41, 5.74) is -0.223.